The first-order chi connectivity index (χ1) is 56.3. The van der Waals surface area contributed by atoms with Crippen LogP contribution in [0.3, 0.4) is 0 Å². The average Bonchev–Trinajstić information content (AvgIpc) is 1.63. The zero-order chi connectivity index (χ0) is 83.6. The second kappa shape index (κ2) is 38.7. The number of nitrogens with one attached hydrogen (secondary N) is 3. The zero-order valence-corrected chi connectivity index (χ0v) is 70.5. The van der Waals surface area contributed by atoms with E-state index in [2.05, 4.69) is 21.9 Å². The van der Waals surface area contributed by atoms with Gasteiger partial charge in [0.1, 0.15) is 70.4 Å². The monoisotopic (exact) mass is 1680 g/mol. The molecule has 6 aromatic heterocycles. The van der Waals surface area contributed by atoms with Gasteiger partial charge in [-0.05, 0) is 155 Å². The fraction of sp³-hybridized carbons (Fsp3) is 0.549. The molecule has 0 saturated carbocycles. The molecule has 636 valence electrons. The molecule has 14 rings (SSSR count). The number of hydrogen-bond acceptors (Lipinski definition) is 23. The highest BCUT2D eigenvalue weighted by Crippen LogP contribution is 2.40. The van der Waals surface area contributed by atoms with E-state index in [-0.39, 0.29) is 99.5 Å². The van der Waals surface area contributed by atoms with E-state index in [0.717, 1.165) is 62.4 Å². The number of carbonyl (C=O) groups excluding carboxylic acids is 1. The molecule has 5 fully saturated rings. The molecule has 0 spiro atoms. The van der Waals surface area contributed by atoms with Gasteiger partial charge < -0.3 is 77.1 Å². The van der Waals surface area contributed by atoms with Crippen molar-refractivity contribution in [2.75, 3.05) is 92.5 Å². The van der Waals surface area contributed by atoms with Crippen LogP contribution in [0.25, 0.3) is 67.3 Å². The van der Waals surface area contributed by atoms with Crippen molar-refractivity contribution in [3.8, 4) is 51.4 Å². The van der Waals surface area contributed by atoms with Crippen LogP contribution in [0.15, 0.2) is 89.9 Å². The molecule has 5 aliphatic heterocycles. The van der Waals surface area contributed by atoms with Gasteiger partial charge in [0.2, 0.25) is 30.1 Å². The van der Waals surface area contributed by atoms with Crippen molar-refractivity contribution in [3.05, 3.63) is 120 Å². The van der Waals surface area contributed by atoms with Gasteiger partial charge in [-0.2, -0.15) is 12.9 Å². The summed E-state index contributed by atoms with van der Waals surface area (Å²) in [4.78, 5) is 74.6. The molecule has 0 bridgehead atoms. The summed E-state index contributed by atoms with van der Waals surface area (Å²) >= 11 is 0. The minimum atomic E-state index is -3.84. The van der Waals surface area contributed by atoms with E-state index in [1.54, 1.807) is 58.1 Å². The van der Waals surface area contributed by atoms with E-state index >= 15 is 0 Å². The summed E-state index contributed by atoms with van der Waals surface area (Å²) in [7, 11) is -6.25. The number of carbonyl (C=O) groups is 1. The maximum absolute atomic E-state index is 13.7. The Bertz CT molecular complexity index is 5550. The Morgan fingerprint density at radius 2 is 0.897 bits per heavy atom. The number of hydrogen-bond donors (Lipinski definition) is 6. The number of fused-ring (bicyclic) bond motifs is 3. The molecule has 5 saturated heterocycles. The van der Waals surface area contributed by atoms with Crippen LogP contribution in [0.5, 0.6) is 17.2 Å². The van der Waals surface area contributed by atoms with Crippen LogP contribution < -0.4 is 30.9 Å². The summed E-state index contributed by atoms with van der Waals surface area (Å²) < 4.78 is 131. The van der Waals surface area contributed by atoms with Gasteiger partial charge in [-0.1, -0.05) is 60.8 Å². The maximum atomic E-state index is 13.7. The predicted octanol–water partition coefficient (Wildman–Crippen LogP) is 8.62. The van der Waals surface area contributed by atoms with Crippen LogP contribution in [0.4, 0.5) is 0 Å². The standard InChI is InChI=1S/C28H38N4O7S.C28H36N4O7S.C26H36N4O6S/c2*1-4-6-20-22(15-33)31(3)26-25(20)29-27(30-28(26)34)21-14-19(7-8-23(21)38-13-5-2)40(35,36)32-11-9-18(10-12-32)24-16-37-17-39-24;1-4-6-18-15-29(3)24-23(18)27-25(28-26(24)33)20-14-19(7-8-22(20)36-13-5-2)37(34,35)30-11-9-17(10-12-30)21(32)16-31/h7-8,14,18,24,33H,4-6,9-13,15-17H2,1-3H3,(H,29,30,34);7-8,14-15,18,24H,4-6,9-13,16-17H2,1-3H3,(H,29,30,34);7-8,14-15,17,21,31-32H,4-6,9-13,16H2,1-3H3,(H,27,28,33)/t2*24-;21-/m000/s1. The number of benzene rings is 3. The lowest BCUT2D eigenvalue weighted by Gasteiger charge is -2.33. The van der Waals surface area contributed by atoms with Gasteiger partial charge in [0.25, 0.3) is 16.7 Å². The molecule has 5 aliphatic rings. The van der Waals surface area contributed by atoms with Crippen molar-refractivity contribution in [2.45, 2.75) is 177 Å². The first-order valence-corrected chi connectivity index (χ1v) is 45.0. The SMILES string of the molecule is CCCOc1ccc(S(=O)(=O)N2CCC([C@@H](O)CO)CC2)cc1-c1nc2c(CCC)cn(C)c2c(=O)[nH]1.CCCOc1ccc(S(=O)(=O)N2CCC([C@@H]3COCO3)CC2)cc1-c1nc2c(CCC)c(C=O)n(C)c2c(=O)[nH]1.CCCOc1ccc(S(=O)(=O)N2CCC([C@@H]3COCO3)CC2)cc1-c1nc2c(CCC)c(CO)n(C)c2c(=O)[nH]1. The molecule has 11 heterocycles. The molecule has 32 nitrogen and oxygen atoms in total. The highest BCUT2D eigenvalue weighted by atomic mass is 32.2. The minimum absolute atomic E-state index is 0.0135. The quantitative estimate of drug-likeness (QED) is 0.0229. The highest BCUT2D eigenvalue weighted by Gasteiger charge is 2.39. The van der Waals surface area contributed by atoms with Gasteiger partial charge in [0.05, 0.1) is 113 Å². The Hall–Kier alpha value is -8.56. The topological polar surface area (TPSA) is 407 Å². The fourth-order valence-electron chi connectivity index (χ4n) is 16.4. The number of ether oxygens (including phenoxy) is 7. The van der Waals surface area contributed by atoms with Gasteiger partial charge in [0, 0.05) is 83.4 Å². The number of aromatic amines is 3. The van der Waals surface area contributed by atoms with E-state index in [4.69, 9.17) is 48.1 Å². The predicted molar refractivity (Wildman–Crippen MR) is 440 cm³/mol. The van der Waals surface area contributed by atoms with Crippen LogP contribution in [-0.2, 0) is 96.0 Å². The third kappa shape index (κ3) is 18.6. The molecule has 3 atom stereocenters. The van der Waals surface area contributed by atoms with Crippen molar-refractivity contribution in [3.63, 3.8) is 0 Å². The van der Waals surface area contributed by atoms with Crippen LogP contribution in [0.2, 0.25) is 0 Å². The van der Waals surface area contributed by atoms with Gasteiger partial charge in [0.15, 0.2) is 6.29 Å². The Kier molecular flexibility index (Phi) is 29.0. The summed E-state index contributed by atoms with van der Waals surface area (Å²) in [5.74, 6) is 2.37. The molecule has 3 aromatic carbocycles. The van der Waals surface area contributed by atoms with Crippen molar-refractivity contribution in [1.29, 1.82) is 0 Å². The van der Waals surface area contributed by atoms with E-state index in [1.165, 1.54) is 37.2 Å². The minimum Gasteiger partial charge on any atom is -0.493 e. The van der Waals surface area contributed by atoms with Crippen LogP contribution in [0.1, 0.15) is 151 Å². The van der Waals surface area contributed by atoms with Gasteiger partial charge >= 0.3 is 0 Å². The second-order valence-corrected chi connectivity index (χ2v) is 36.2. The lowest BCUT2D eigenvalue weighted by atomic mass is 9.93. The maximum Gasteiger partial charge on any atom is 0.275 e. The van der Waals surface area contributed by atoms with Gasteiger partial charge in [-0.15, -0.1) is 0 Å². The molecular formula is C82H110N12O20S3. The summed E-state index contributed by atoms with van der Waals surface area (Å²) in [6.45, 7) is 16.5. The first kappa shape index (κ1) is 87.7. The molecule has 0 amide bonds. The van der Waals surface area contributed by atoms with E-state index in [1.807, 2.05) is 47.9 Å². The number of aromatic nitrogens is 9. The summed E-state index contributed by atoms with van der Waals surface area (Å²) in [6, 6.07) is 14.0. The number of aldehydes is 1. The summed E-state index contributed by atoms with van der Waals surface area (Å²) in [5.41, 5.74) is 6.29. The third-order valence-electron chi connectivity index (χ3n) is 22.6. The second-order valence-electron chi connectivity index (χ2n) is 30.4. The Morgan fingerprint density at radius 1 is 0.513 bits per heavy atom. The zero-order valence-electron chi connectivity index (χ0n) is 68.1. The van der Waals surface area contributed by atoms with Crippen molar-refractivity contribution < 1.29 is 78.5 Å². The fourth-order valence-corrected chi connectivity index (χ4v) is 20.8. The van der Waals surface area contributed by atoms with Crippen LogP contribution in [-0.4, -0.2) is 214 Å². The number of rotatable bonds is 30. The van der Waals surface area contributed by atoms with Crippen molar-refractivity contribution >= 4 is 69.5 Å². The summed E-state index contributed by atoms with van der Waals surface area (Å²) in [6.07, 6.45) is 12.3. The van der Waals surface area contributed by atoms with Crippen LogP contribution in [0, 0.1) is 17.8 Å². The number of aliphatic hydroxyl groups excluding tert-OH is 3. The van der Waals surface area contributed by atoms with Crippen molar-refractivity contribution in [1.82, 2.24) is 56.5 Å². The molecule has 0 aliphatic carbocycles. The molecule has 35 heteroatoms. The lowest BCUT2D eigenvalue weighted by Crippen LogP contribution is -2.41. The smallest absolute Gasteiger partial charge is 0.275 e. The highest BCUT2D eigenvalue weighted by molar-refractivity contribution is 7.89. The number of piperidine rings is 3. The Morgan fingerprint density at radius 3 is 1.27 bits per heavy atom. The first-order valence-electron chi connectivity index (χ1n) is 40.7. The molecule has 6 N–H and O–H groups in total. The van der Waals surface area contributed by atoms with Crippen molar-refractivity contribution in [2.24, 2.45) is 38.9 Å². The van der Waals surface area contributed by atoms with Gasteiger partial charge in [-0.3, -0.25) is 19.2 Å². The van der Waals surface area contributed by atoms with Gasteiger partial charge in [-0.25, -0.2) is 40.2 Å². The Balaban J connectivity index is 0.000000162. The number of nitrogens with zero attached hydrogens (tertiary/aromatic N) is 9. The normalized spacial score (nSPS) is 18.2. The lowest BCUT2D eigenvalue weighted by molar-refractivity contribution is 0.0183. The Labute approximate surface area is 680 Å². The number of H-pyrrole nitrogens is 3. The third-order valence-corrected chi connectivity index (χ3v) is 28.3. The number of aryl methyl sites for hydroxylation is 6. The molecule has 9 aromatic rings. The molecule has 117 heavy (non-hydrogen) atoms. The largest absolute Gasteiger partial charge is 0.493 e. The number of aliphatic hydroxyl groups is 3. The van der Waals surface area contributed by atoms with Crippen LogP contribution >= 0.6 is 0 Å². The summed E-state index contributed by atoms with van der Waals surface area (Å²) in [5, 5.41) is 29.2. The van der Waals surface area contributed by atoms with E-state index < -0.39 is 41.7 Å². The van der Waals surface area contributed by atoms with E-state index in [9.17, 15) is 59.8 Å². The number of sulfonamides is 3. The van der Waals surface area contributed by atoms with E-state index in [0.29, 0.717) is 208 Å². The molecular weight excluding hydrogens is 1570 g/mol. The average molecular weight is 1680 g/mol. The molecule has 0 radical (unpaired) electrons. The molecule has 0 unspecified atom stereocenters.